The van der Waals surface area contributed by atoms with Crippen LogP contribution in [0.1, 0.15) is 18.9 Å². The lowest BCUT2D eigenvalue weighted by atomic mass is 10.2. The van der Waals surface area contributed by atoms with Crippen LogP contribution in [0.5, 0.6) is 5.75 Å². The van der Waals surface area contributed by atoms with Crippen LogP contribution in [0.4, 0.5) is 11.4 Å². The van der Waals surface area contributed by atoms with Gasteiger partial charge in [0.05, 0.1) is 7.11 Å². The molecule has 152 valence electrons. The molecule has 0 spiro atoms. The molecule has 1 aliphatic heterocycles. The molecular weight excluding hydrogens is 366 g/mol. The SMILES string of the molecule is CCC(=O)N1CCN(c2ccc(NC(=O)/C=C/c3ccc(OC)cc3)cc2)CC1. The maximum atomic E-state index is 12.2. The average molecular weight is 393 g/mol. The highest BCUT2D eigenvalue weighted by molar-refractivity contribution is 6.02. The number of piperazine rings is 1. The number of methoxy groups -OCH3 is 1. The number of amides is 2. The molecule has 0 aliphatic carbocycles. The lowest BCUT2D eigenvalue weighted by Crippen LogP contribution is -2.48. The van der Waals surface area contributed by atoms with Gasteiger partial charge in [0.2, 0.25) is 11.8 Å². The molecule has 6 nitrogen and oxygen atoms in total. The van der Waals surface area contributed by atoms with Gasteiger partial charge < -0.3 is 19.9 Å². The quantitative estimate of drug-likeness (QED) is 0.764. The fourth-order valence-electron chi connectivity index (χ4n) is 3.26. The molecule has 0 unspecified atom stereocenters. The topological polar surface area (TPSA) is 61.9 Å². The third-order valence-corrected chi connectivity index (χ3v) is 4.98. The molecule has 3 rings (SSSR count). The molecule has 2 aromatic rings. The molecule has 1 aliphatic rings. The van der Waals surface area contributed by atoms with E-state index in [4.69, 9.17) is 4.74 Å². The summed E-state index contributed by atoms with van der Waals surface area (Å²) in [6, 6.07) is 15.3. The van der Waals surface area contributed by atoms with E-state index in [-0.39, 0.29) is 11.8 Å². The van der Waals surface area contributed by atoms with E-state index in [1.807, 2.05) is 60.4 Å². The van der Waals surface area contributed by atoms with Crippen LogP contribution >= 0.6 is 0 Å². The van der Waals surface area contributed by atoms with Crippen molar-refractivity contribution in [1.82, 2.24) is 4.90 Å². The lowest BCUT2D eigenvalue weighted by molar-refractivity contribution is -0.131. The van der Waals surface area contributed by atoms with Crippen LogP contribution in [-0.2, 0) is 9.59 Å². The van der Waals surface area contributed by atoms with Gasteiger partial charge in [-0.1, -0.05) is 19.1 Å². The second kappa shape index (κ2) is 9.78. The summed E-state index contributed by atoms with van der Waals surface area (Å²) < 4.78 is 5.12. The van der Waals surface area contributed by atoms with Crippen LogP contribution in [0.3, 0.4) is 0 Å². The monoisotopic (exact) mass is 393 g/mol. The summed E-state index contributed by atoms with van der Waals surface area (Å²) in [4.78, 5) is 28.1. The number of anilines is 2. The zero-order valence-electron chi connectivity index (χ0n) is 16.9. The van der Waals surface area contributed by atoms with E-state index in [0.29, 0.717) is 6.42 Å². The second-order valence-electron chi connectivity index (χ2n) is 6.86. The molecule has 1 heterocycles. The van der Waals surface area contributed by atoms with Gasteiger partial charge in [-0.25, -0.2) is 0 Å². The number of nitrogens with one attached hydrogen (secondary N) is 1. The minimum atomic E-state index is -0.180. The van der Waals surface area contributed by atoms with Crippen LogP contribution in [0.2, 0.25) is 0 Å². The van der Waals surface area contributed by atoms with Gasteiger partial charge in [0.15, 0.2) is 0 Å². The highest BCUT2D eigenvalue weighted by Crippen LogP contribution is 2.20. The van der Waals surface area contributed by atoms with E-state index in [1.54, 1.807) is 13.2 Å². The Bertz CT molecular complexity index is 852. The molecule has 29 heavy (non-hydrogen) atoms. The number of hydrogen-bond acceptors (Lipinski definition) is 4. The van der Waals surface area contributed by atoms with Crippen LogP contribution in [0.15, 0.2) is 54.6 Å². The standard InChI is InChI=1S/C23H27N3O3/c1-3-23(28)26-16-14-25(15-17-26)20-9-7-19(8-10-20)24-22(27)13-6-18-4-11-21(29-2)12-5-18/h4-13H,3,14-17H2,1-2H3,(H,24,27)/b13-6+. The summed E-state index contributed by atoms with van der Waals surface area (Å²) >= 11 is 0. The summed E-state index contributed by atoms with van der Waals surface area (Å²) in [5.41, 5.74) is 2.77. The van der Waals surface area contributed by atoms with E-state index >= 15 is 0 Å². The van der Waals surface area contributed by atoms with Crippen molar-refractivity contribution in [3.05, 3.63) is 60.2 Å². The van der Waals surface area contributed by atoms with Crippen LogP contribution in [0, 0.1) is 0 Å². The number of hydrogen-bond donors (Lipinski definition) is 1. The van der Waals surface area contributed by atoms with Crippen molar-refractivity contribution < 1.29 is 14.3 Å². The maximum Gasteiger partial charge on any atom is 0.248 e. The van der Waals surface area contributed by atoms with Crippen LogP contribution < -0.4 is 15.0 Å². The summed E-state index contributed by atoms with van der Waals surface area (Å²) in [5, 5.41) is 2.87. The molecule has 1 N–H and O–H groups in total. The normalized spacial score (nSPS) is 14.1. The third-order valence-electron chi connectivity index (χ3n) is 4.98. The van der Waals surface area contributed by atoms with Gasteiger partial charge >= 0.3 is 0 Å². The largest absolute Gasteiger partial charge is 0.497 e. The molecule has 1 saturated heterocycles. The number of ether oxygens (including phenoxy) is 1. The number of nitrogens with zero attached hydrogens (tertiary/aromatic N) is 2. The molecule has 2 amide bonds. The van der Waals surface area contributed by atoms with Crippen molar-refractivity contribution >= 4 is 29.3 Å². The molecular formula is C23H27N3O3. The van der Waals surface area contributed by atoms with Gasteiger partial charge in [0, 0.05) is 50.1 Å². The fraction of sp³-hybridized carbons (Fsp3) is 0.304. The molecule has 2 aromatic carbocycles. The van der Waals surface area contributed by atoms with Gasteiger partial charge in [-0.3, -0.25) is 9.59 Å². The second-order valence-corrected chi connectivity index (χ2v) is 6.86. The van der Waals surface area contributed by atoms with E-state index < -0.39 is 0 Å². The summed E-state index contributed by atoms with van der Waals surface area (Å²) in [7, 11) is 1.62. The Labute approximate surface area is 171 Å². The van der Waals surface area contributed by atoms with E-state index in [2.05, 4.69) is 10.2 Å². The minimum Gasteiger partial charge on any atom is -0.497 e. The zero-order chi connectivity index (χ0) is 20.6. The Kier molecular flexibility index (Phi) is 6.89. The summed E-state index contributed by atoms with van der Waals surface area (Å²) in [5.74, 6) is 0.815. The first-order valence-electron chi connectivity index (χ1n) is 9.85. The molecule has 0 aromatic heterocycles. The molecule has 0 radical (unpaired) electrons. The van der Waals surface area contributed by atoms with Crippen LogP contribution in [-0.4, -0.2) is 50.0 Å². The zero-order valence-corrected chi connectivity index (χ0v) is 16.9. The van der Waals surface area contributed by atoms with Gasteiger partial charge in [0.1, 0.15) is 5.75 Å². The highest BCUT2D eigenvalue weighted by atomic mass is 16.5. The number of carbonyl (C=O) groups excluding carboxylic acids is 2. The fourth-order valence-corrected chi connectivity index (χ4v) is 3.26. The first kappa shape index (κ1) is 20.5. The average Bonchev–Trinajstić information content (AvgIpc) is 2.78. The van der Waals surface area contributed by atoms with Crippen molar-refractivity contribution in [2.75, 3.05) is 43.5 Å². The minimum absolute atomic E-state index is 0.180. The Morgan fingerprint density at radius 1 is 1.00 bits per heavy atom. The smallest absolute Gasteiger partial charge is 0.248 e. The number of carbonyl (C=O) groups is 2. The molecule has 0 bridgehead atoms. The van der Waals surface area contributed by atoms with E-state index in [9.17, 15) is 9.59 Å². The Morgan fingerprint density at radius 2 is 1.66 bits per heavy atom. The molecule has 6 heteroatoms. The molecule has 0 saturated carbocycles. The predicted molar refractivity (Wildman–Crippen MR) is 116 cm³/mol. The van der Waals surface area contributed by atoms with Crippen molar-refractivity contribution in [2.24, 2.45) is 0 Å². The Hall–Kier alpha value is -3.28. The number of rotatable bonds is 6. The summed E-state index contributed by atoms with van der Waals surface area (Å²) in [6.07, 6.45) is 3.83. The molecule has 1 fully saturated rings. The van der Waals surface area contributed by atoms with E-state index in [1.165, 1.54) is 6.08 Å². The number of benzene rings is 2. The van der Waals surface area contributed by atoms with Crippen molar-refractivity contribution in [1.29, 1.82) is 0 Å². The first-order valence-corrected chi connectivity index (χ1v) is 9.85. The van der Waals surface area contributed by atoms with Gasteiger partial charge in [0.25, 0.3) is 0 Å². The van der Waals surface area contributed by atoms with Crippen molar-refractivity contribution in [3.63, 3.8) is 0 Å². The Morgan fingerprint density at radius 3 is 2.24 bits per heavy atom. The highest BCUT2D eigenvalue weighted by Gasteiger charge is 2.19. The van der Waals surface area contributed by atoms with Gasteiger partial charge in [-0.15, -0.1) is 0 Å². The first-order chi connectivity index (χ1) is 14.1. The summed E-state index contributed by atoms with van der Waals surface area (Å²) in [6.45, 7) is 5.04. The maximum absolute atomic E-state index is 12.2. The Balaban J connectivity index is 1.51. The van der Waals surface area contributed by atoms with Crippen molar-refractivity contribution in [2.45, 2.75) is 13.3 Å². The van der Waals surface area contributed by atoms with Gasteiger partial charge in [-0.05, 0) is 48.0 Å². The molecule has 0 atom stereocenters. The van der Waals surface area contributed by atoms with E-state index in [0.717, 1.165) is 48.9 Å². The van der Waals surface area contributed by atoms with Crippen LogP contribution in [0.25, 0.3) is 6.08 Å². The van der Waals surface area contributed by atoms with Crippen molar-refractivity contribution in [3.8, 4) is 5.75 Å². The van der Waals surface area contributed by atoms with Gasteiger partial charge in [-0.2, -0.15) is 0 Å². The third kappa shape index (κ3) is 5.60. The predicted octanol–water partition coefficient (Wildman–Crippen LogP) is 3.41. The lowest BCUT2D eigenvalue weighted by Gasteiger charge is -2.36.